The van der Waals surface area contributed by atoms with E-state index in [-0.39, 0.29) is 0 Å². The number of hydrogen-bond donors (Lipinski definition) is 0. The molecule has 0 radical (unpaired) electrons. The van der Waals surface area contributed by atoms with Crippen LogP contribution in [0.15, 0.2) is 59.5 Å². The summed E-state index contributed by atoms with van der Waals surface area (Å²) in [5.74, 6) is 0. The van der Waals surface area contributed by atoms with Crippen LogP contribution in [-0.4, -0.2) is 42.4 Å². The van der Waals surface area contributed by atoms with Crippen LogP contribution in [0.1, 0.15) is 16.8 Å². The van der Waals surface area contributed by atoms with E-state index in [0.29, 0.717) is 4.90 Å². The van der Waals surface area contributed by atoms with E-state index < -0.39 is 9.84 Å². The van der Waals surface area contributed by atoms with Crippen LogP contribution < -0.4 is 0 Å². The maximum atomic E-state index is 11.6. The molecule has 0 aliphatic carbocycles. The average molecular weight is 396 g/mol. The molecular weight excluding hydrogens is 370 g/mol. The standard InChI is InChI=1S/C22H25N3O2S/c1-24-22(18-6-4-3-5-7-18)20-12-14-25(15-13-21(20)23-24)16-17-8-10-19(11-9-17)28(2,26)27/h3-11H,12-16H2,1-2H3. The van der Waals surface area contributed by atoms with E-state index >= 15 is 0 Å². The molecule has 0 fully saturated rings. The molecule has 28 heavy (non-hydrogen) atoms. The number of sulfone groups is 1. The highest BCUT2D eigenvalue weighted by molar-refractivity contribution is 7.90. The molecule has 0 unspecified atom stereocenters. The van der Waals surface area contributed by atoms with Crippen molar-refractivity contribution < 1.29 is 8.42 Å². The van der Waals surface area contributed by atoms with Crippen molar-refractivity contribution in [2.45, 2.75) is 24.3 Å². The lowest BCUT2D eigenvalue weighted by Gasteiger charge is -2.20. The van der Waals surface area contributed by atoms with Gasteiger partial charge >= 0.3 is 0 Å². The summed E-state index contributed by atoms with van der Waals surface area (Å²) in [7, 11) is -1.12. The second kappa shape index (κ2) is 7.53. The van der Waals surface area contributed by atoms with Gasteiger partial charge in [0.15, 0.2) is 9.84 Å². The van der Waals surface area contributed by atoms with Crippen molar-refractivity contribution in [1.82, 2.24) is 14.7 Å². The first-order chi connectivity index (χ1) is 13.4. The highest BCUT2D eigenvalue weighted by atomic mass is 32.2. The summed E-state index contributed by atoms with van der Waals surface area (Å²) in [6, 6.07) is 17.7. The monoisotopic (exact) mass is 395 g/mol. The highest BCUT2D eigenvalue weighted by Gasteiger charge is 2.22. The number of aromatic nitrogens is 2. The Kier molecular flexibility index (Phi) is 5.08. The van der Waals surface area contributed by atoms with Crippen molar-refractivity contribution in [2.24, 2.45) is 7.05 Å². The Morgan fingerprint density at radius 2 is 1.64 bits per heavy atom. The summed E-state index contributed by atoms with van der Waals surface area (Å²) >= 11 is 0. The molecule has 0 bridgehead atoms. The third kappa shape index (κ3) is 3.88. The van der Waals surface area contributed by atoms with Crippen LogP contribution in [0, 0.1) is 0 Å². The van der Waals surface area contributed by atoms with E-state index in [1.165, 1.54) is 28.8 Å². The molecular formula is C22H25N3O2S. The van der Waals surface area contributed by atoms with E-state index in [9.17, 15) is 8.42 Å². The molecule has 1 aliphatic rings. The van der Waals surface area contributed by atoms with Gasteiger partial charge in [0.2, 0.25) is 0 Å². The quantitative estimate of drug-likeness (QED) is 0.681. The minimum atomic E-state index is -3.15. The first-order valence-corrected chi connectivity index (χ1v) is 11.4. The van der Waals surface area contributed by atoms with Crippen LogP contribution in [0.2, 0.25) is 0 Å². The Hall–Kier alpha value is -2.44. The molecule has 0 spiro atoms. The maximum absolute atomic E-state index is 11.6. The normalized spacial score (nSPS) is 15.2. The molecule has 0 saturated heterocycles. The number of nitrogens with zero attached hydrogens (tertiary/aromatic N) is 3. The van der Waals surface area contributed by atoms with Gasteiger partial charge < -0.3 is 0 Å². The second-order valence-corrected chi connectivity index (χ2v) is 9.47. The van der Waals surface area contributed by atoms with Crippen molar-refractivity contribution in [1.29, 1.82) is 0 Å². The van der Waals surface area contributed by atoms with Crippen LogP contribution in [0.3, 0.4) is 0 Å². The molecule has 2 aromatic carbocycles. The van der Waals surface area contributed by atoms with Gasteiger partial charge in [0.1, 0.15) is 0 Å². The zero-order valence-electron chi connectivity index (χ0n) is 16.3. The number of aryl methyl sites for hydroxylation is 1. The molecule has 1 aromatic heterocycles. The van der Waals surface area contributed by atoms with Gasteiger partial charge in [-0.2, -0.15) is 5.10 Å². The lowest BCUT2D eigenvalue weighted by Crippen LogP contribution is -2.26. The van der Waals surface area contributed by atoms with Crippen molar-refractivity contribution in [3.63, 3.8) is 0 Å². The van der Waals surface area contributed by atoms with Gasteiger partial charge in [-0.25, -0.2) is 8.42 Å². The number of benzene rings is 2. The Morgan fingerprint density at radius 3 is 2.32 bits per heavy atom. The van der Waals surface area contributed by atoms with Crippen LogP contribution in [0.4, 0.5) is 0 Å². The van der Waals surface area contributed by atoms with Crippen molar-refractivity contribution in [2.75, 3.05) is 19.3 Å². The van der Waals surface area contributed by atoms with Crippen LogP contribution in [0.5, 0.6) is 0 Å². The van der Waals surface area contributed by atoms with Gasteiger partial charge in [-0.1, -0.05) is 42.5 Å². The zero-order chi connectivity index (χ0) is 19.7. The topological polar surface area (TPSA) is 55.2 Å². The molecule has 1 aliphatic heterocycles. The molecule has 0 N–H and O–H groups in total. The van der Waals surface area contributed by atoms with E-state index in [1.54, 1.807) is 12.1 Å². The van der Waals surface area contributed by atoms with E-state index in [1.807, 2.05) is 29.9 Å². The smallest absolute Gasteiger partial charge is 0.175 e. The fourth-order valence-electron chi connectivity index (χ4n) is 3.95. The largest absolute Gasteiger partial charge is 0.298 e. The van der Waals surface area contributed by atoms with E-state index in [4.69, 9.17) is 5.10 Å². The molecule has 0 atom stereocenters. The fraction of sp³-hybridized carbons (Fsp3) is 0.318. The number of fused-ring (bicyclic) bond motifs is 1. The molecule has 3 aromatic rings. The molecule has 2 heterocycles. The second-order valence-electron chi connectivity index (χ2n) is 7.46. The first-order valence-electron chi connectivity index (χ1n) is 9.53. The lowest BCUT2D eigenvalue weighted by atomic mass is 10.0. The SMILES string of the molecule is Cn1nc2c(c1-c1ccccc1)CCN(Cc1ccc(S(C)(=O)=O)cc1)CC2. The minimum absolute atomic E-state index is 0.372. The van der Waals surface area contributed by atoms with E-state index in [0.717, 1.165) is 38.0 Å². The van der Waals surface area contributed by atoms with Crippen molar-refractivity contribution in [3.05, 3.63) is 71.4 Å². The van der Waals surface area contributed by atoms with Crippen LogP contribution in [0.25, 0.3) is 11.3 Å². The molecule has 146 valence electrons. The van der Waals surface area contributed by atoms with Gasteiger partial charge in [0, 0.05) is 50.5 Å². The lowest BCUT2D eigenvalue weighted by molar-refractivity contribution is 0.278. The molecule has 4 rings (SSSR count). The van der Waals surface area contributed by atoms with Gasteiger partial charge in [-0.3, -0.25) is 9.58 Å². The third-order valence-electron chi connectivity index (χ3n) is 5.38. The molecule has 0 amide bonds. The molecule has 5 nitrogen and oxygen atoms in total. The van der Waals surface area contributed by atoms with Gasteiger partial charge in [-0.15, -0.1) is 0 Å². The van der Waals surface area contributed by atoms with Crippen LogP contribution >= 0.6 is 0 Å². The molecule has 0 saturated carbocycles. The number of rotatable bonds is 4. The average Bonchev–Trinajstić information content (AvgIpc) is 2.87. The Morgan fingerprint density at radius 1 is 0.964 bits per heavy atom. The predicted octanol–water partition coefficient (Wildman–Crippen LogP) is 3.09. The minimum Gasteiger partial charge on any atom is -0.298 e. The summed E-state index contributed by atoms with van der Waals surface area (Å²) in [5, 5.41) is 4.79. The highest BCUT2D eigenvalue weighted by Crippen LogP contribution is 2.28. The summed E-state index contributed by atoms with van der Waals surface area (Å²) in [5.41, 5.74) is 6.11. The Bertz CT molecular complexity index is 1070. The van der Waals surface area contributed by atoms with Crippen LogP contribution in [-0.2, 0) is 36.3 Å². The summed E-state index contributed by atoms with van der Waals surface area (Å²) in [4.78, 5) is 2.79. The Labute approximate surface area is 166 Å². The maximum Gasteiger partial charge on any atom is 0.175 e. The molecule has 6 heteroatoms. The van der Waals surface area contributed by atoms with Crippen molar-refractivity contribution >= 4 is 9.84 Å². The van der Waals surface area contributed by atoms with Gasteiger partial charge in [0.05, 0.1) is 16.3 Å². The summed E-state index contributed by atoms with van der Waals surface area (Å²) < 4.78 is 25.3. The summed E-state index contributed by atoms with van der Waals surface area (Å²) in [6.07, 6.45) is 3.14. The number of hydrogen-bond acceptors (Lipinski definition) is 4. The first kappa shape index (κ1) is 18.9. The Balaban J connectivity index is 1.50. The third-order valence-corrected chi connectivity index (χ3v) is 6.50. The summed E-state index contributed by atoms with van der Waals surface area (Å²) in [6.45, 7) is 2.74. The van der Waals surface area contributed by atoms with Gasteiger partial charge in [0.25, 0.3) is 0 Å². The van der Waals surface area contributed by atoms with Crippen molar-refractivity contribution in [3.8, 4) is 11.3 Å². The van der Waals surface area contributed by atoms with E-state index in [2.05, 4.69) is 29.2 Å². The fourth-order valence-corrected chi connectivity index (χ4v) is 4.58. The zero-order valence-corrected chi connectivity index (χ0v) is 17.1. The van der Waals surface area contributed by atoms with Gasteiger partial charge in [-0.05, 0) is 24.1 Å². The predicted molar refractivity (Wildman–Crippen MR) is 111 cm³/mol.